The minimum absolute atomic E-state index is 0.173. The number of hydrogen-bond donors (Lipinski definition) is 3. The monoisotopic (exact) mass is 254 g/mol. The molecule has 2 fully saturated rings. The van der Waals surface area contributed by atoms with Gasteiger partial charge in [0.05, 0.1) is 6.10 Å². The summed E-state index contributed by atoms with van der Waals surface area (Å²) in [6, 6.07) is 0. The lowest BCUT2D eigenvalue weighted by Gasteiger charge is -2.27. The van der Waals surface area contributed by atoms with Crippen molar-refractivity contribution in [3.63, 3.8) is 0 Å². The predicted molar refractivity (Wildman–Crippen MR) is 70.9 cm³/mol. The number of aliphatic hydroxyl groups excluding tert-OH is 1. The van der Waals surface area contributed by atoms with E-state index in [2.05, 4.69) is 5.32 Å². The summed E-state index contributed by atoms with van der Waals surface area (Å²) in [5.41, 5.74) is 5.65. The minimum atomic E-state index is -0.210. The Morgan fingerprint density at radius 3 is 2.44 bits per heavy atom. The van der Waals surface area contributed by atoms with Crippen LogP contribution in [-0.4, -0.2) is 30.2 Å². The van der Waals surface area contributed by atoms with E-state index in [1.54, 1.807) is 0 Å². The third kappa shape index (κ3) is 3.45. The fourth-order valence-corrected chi connectivity index (χ4v) is 3.29. The SMILES string of the molecule is NCC1CCC(C(=O)NCC2CCCC2O)CC1. The molecule has 2 atom stereocenters. The molecule has 0 aliphatic heterocycles. The van der Waals surface area contributed by atoms with Crippen LogP contribution in [0.1, 0.15) is 44.9 Å². The molecule has 0 bridgehead atoms. The number of aliphatic hydroxyl groups is 1. The second kappa shape index (κ2) is 6.53. The highest BCUT2D eigenvalue weighted by molar-refractivity contribution is 5.78. The van der Waals surface area contributed by atoms with Gasteiger partial charge in [0.2, 0.25) is 5.91 Å². The number of amides is 1. The van der Waals surface area contributed by atoms with E-state index in [1.165, 1.54) is 0 Å². The van der Waals surface area contributed by atoms with E-state index in [-0.39, 0.29) is 23.8 Å². The lowest BCUT2D eigenvalue weighted by molar-refractivity contribution is -0.126. The Kier molecular flexibility index (Phi) is 5.01. The molecule has 0 radical (unpaired) electrons. The molecule has 0 aromatic carbocycles. The fraction of sp³-hybridized carbons (Fsp3) is 0.929. The molecule has 4 nitrogen and oxygen atoms in total. The third-order valence-electron chi connectivity index (χ3n) is 4.71. The van der Waals surface area contributed by atoms with Crippen molar-refractivity contribution in [3.05, 3.63) is 0 Å². The molecule has 0 aromatic heterocycles. The summed E-state index contributed by atoms with van der Waals surface area (Å²) in [6.07, 6.45) is 6.92. The van der Waals surface area contributed by atoms with E-state index < -0.39 is 0 Å². The number of rotatable bonds is 4. The molecule has 2 saturated carbocycles. The lowest BCUT2D eigenvalue weighted by Crippen LogP contribution is -2.38. The summed E-state index contributed by atoms with van der Waals surface area (Å²) in [4.78, 5) is 12.0. The largest absolute Gasteiger partial charge is 0.393 e. The highest BCUT2D eigenvalue weighted by Crippen LogP contribution is 2.29. The molecule has 2 unspecified atom stereocenters. The van der Waals surface area contributed by atoms with Crippen LogP contribution in [0.3, 0.4) is 0 Å². The summed E-state index contributed by atoms with van der Waals surface area (Å²) in [5.74, 6) is 1.25. The van der Waals surface area contributed by atoms with Gasteiger partial charge >= 0.3 is 0 Å². The van der Waals surface area contributed by atoms with E-state index in [4.69, 9.17) is 5.73 Å². The first-order chi connectivity index (χ1) is 8.70. The van der Waals surface area contributed by atoms with Crippen molar-refractivity contribution in [2.24, 2.45) is 23.5 Å². The first-order valence-corrected chi connectivity index (χ1v) is 7.36. The fourth-order valence-electron chi connectivity index (χ4n) is 3.29. The van der Waals surface area contributed by atoms with Crippen molar-refractivity contribution in [1.82, 2.24) is 5.32 Å². The molecule has 104 valence electrons. The zero-order valence-electron chi connectivity index (χ0n) is 11.1. The molecule has 4 N–H and O–H groups in total. The molecule has 0 heterocycles. The van der Waals surface area contributed by atoms with Gasteiger partial charge in [-0.2, -0.15) is 0 Å². The maximum atomic E-state index is 12.0. The maximum absolute atomic E-state index is 12.0. The summed E-state index contributed by atoms with van der Waals surface area (Å²) in [7, 11) is 0. The van der Waals surface area contributed by atoms with Gasteiger partial charge in [0.25, 0.3) is 0 Å². The minimum Gasteiger partial charge on any atom is -0.393 e. The standard InChI is InChI=1S/C14H26N2O2/c15-8-10-4-6-11(7-5-10)14(18)16-9-12-2-1-3-13(12)17/h10-13,17H,1-9,15H2,(H,16,18). The molecule has 2 rings (SSSR count). The van der Waals surface area contributed by atoms with E-state index in [1.807, 2.05) is 0 Å². The van der Waals surface area contributed by atoms with Crippen molar-refractivity contribution in [2.75, 3.05) is 13.1 Å². The van der Waals surface area contributed by atoms with Crippen molar-refractivity contribution in [3.8, 4) is 0 Å². The van der Waals surface area contributed by atoms with Gasteiger partial charge in [0.15, 0.2) is 0 Å². The van der Waals surface area contributed by atoms with Gasteiger partial charge in [-0.05, 0) is 51.0 Å². The summed E-state index contributed by atoms with van der Waals surface area (Å²) in [5, 5.41) is 12.7. The Labute approximate surface area is 109 Å². The zero-order chi connectivity index (χ0) is 13.0. The van der Waals surface area contributed by atoms with Gasteiger partial charge in [-0.3, -0.25) is 4.79 Å². The Hall–Kier alpha value is -0.610. The lowest BCUT2D eigenvalue weighted by atomic mass is 9.81. The number of nitrogens with one attached hydrogen (secondary N) is 1. The molecule has 2 aliphatic rings. The van der Waals surface area contributed by atoms with Crippen molar-refractivity contribution in [2.45, 2.75) is 51.0 Å². The molecular weight excluding hydrogens is 228 g/mol. The van der Waals surface area contributed by atoms with Crippen LogP contribution in [0.25, 0.3) is 0 Å². The van der Waals surface area contributed by atoms with E-state index >= 15 is 0 Å². The van der Waals surface area contributed by atoms with Gasteiger partial charge in [-0.1, -0.05) is 6.42 Å². The van der Waals surface area contributed by atoms with E-state index in [9.17, 15) is 9.90 Å². The van der Waals surface area contributed by atoms with Gasteiger partial charge in [-0.25, -0.2) is 0 Å². The number of carbonyl (C=O) groups excluding carboxylic acids is 1. The number of nitrogens with two attached hydrogens (primary N) is 1. The highest BCUT2D eigenvalue weighted by Gasteiger charge is 2.28. The third-order valence-corrected chi connectivity index (χ3v) is 4.71. The molecule has 18 heavy (non-hydrogen) atoms. The Balaban J connectivity index is 1.68. The van der Waals surface area contributed by atoms with Crippen LogP contribution in [-0.2, 0) is 4.79 Å². The van der Waals surface area contributed by atoms with Crippen LogP contribution in [0, 0.1) is 17.8 Å². The Morgan fingerprint density at radius 1 is 1.17 bits per heavy atom. The van der Waals surface area contributed by atoms with Crippen LogP contribution in [0.15, 0.2) is 0 Å². The predicted octanol–water partition coefficient (Wildman–Crippen LogP) is 1.03. The van der Waals surface area contributed by atoms with Crippen LogP contribution in [0.2, 0.25) is 0 Å². The normalized spacial score (nSPS) is 36.6. The molecule has 0 spiro atoms. The smallest absolute Gasteiger partial charge is 0.223 e. The maximum Gasteiger partial charge on any atom is 0.223 e. The van der Waals surface area contributed by atoms with Crippen LogP contribution < -0.4 is 11.1 Å². The first kappa shape index (κ1) is 13.8. The van der Waals surface area contributed by atoms with Gasteiger partial charge < -0.3 is 16.2 Å². The van der Waals surface area contributed by atoms with E-state index in [0.29, 0.717) is 12.5 Å². The number of hydrogen-bond acceptors (Lipinski definition) is 3. The van der Waals surface area contributed by atoms with Crippen molar-refractivity contribution >= 4 is 5.91 Å². The van der Waals surface area contributed by atoms with Crippen LogP contribution in [0.4, 0.5) is 0 Å². The topological polar surface area (TPSA) is 75.4 Å². The second-order valence-corrected chi connectivity index (χ2v) is 5.96. The van der Waals surface area contributed by atoms with Gasteiger partial charge in [0, 0.05) is 18.4 Å². The average molecular weight is 254 g/mol. The Morgan fingerprint density at radius 2 is 1.89 bits per heavy atom. The molecule has 0 aromatic rings. The average Bonchev–Trinajstić information content (AvgIpc) is 2.81. The van der Waals surface area contributed by atoms with E-state index in [0.717, 1.165) is 51.5 Å². The second-order valence-electron chi connectivity index (χ2n) is 5.96. The molecule has 4 heteroatoms. The summed E-state index contributed by atoms with van der Waals surface area (Å²) < 4.78 is 0. The summed E-state index contributed by atoms with van der Waals surface area (Å²) in [6.45, 7) is 1.40. The van der Waals surface area contributed by atoms with Crippen LogP contribution >= 0.6 is 0 Å². The van der Waals surface area contributed by atoms with Gasteiger partial charge in [-0.15, -0.1) is 0 Å². The Bertz CT molecular complexity index is 275. The molecule has 2 aliphatic carbocycles. The van der Waals surface area contributed by atoms with Gasteiger partial charge in [0.1, 0.15) is 0 Å². The molecular formula is C14H26N2O2. The first-order valence-electron chi connectivity index (χ1n) is 7.36. The highest BCUT2D eigenvalue weighted by atomic mass is 16.3. The molecule has 0 saturated heterocycles. The molecule has 1 amide bonds. The quantitative estimate of drug-likeness (QED) is 0.701. The van der Waals surface area contributed by atoms with Crippen molar-refractivity contribution < 1.29 is 9.90 Å². The van der Waals surface area contributed by atoms with Crippen LogP contribution in [0.5, 0.6) is 0 Å². The van der Waals surface area contributed by atoms with Crippen molar-refractivity contribution in [1.29, 1.82) is 0 Å². The zero-order valence-corrected chi connectivity index (χ0v) is 11.1. The summed E-state index contributed by atoms with van der Waals surface area (Å²) >= 11 is 0. The number of carbonyl (C=O) groups is 1.